The molecule has 4 rings (SSSR count). The Morgan fingerprint density at radius 2 is 1.87 bits per heavy atom. The molecule has 31 heavy (non-hydrogen) atoms. The molecule has 0 unspecified atom stereocenters. The van der Waals surface area contributed by atoms with Crippen LogP contribution in [0.5, 0.6) is 0 Å². The molecule has 1 aliphatic rings. The number of anilines is 1. The van der Waals surface area contributed by atoms with Crippen molar-refractivity contribution in [2.75, 3.05) is 37.4 Å². The van der Waals surface area contributed by atoms with Crippen LogP contribution in [0, 0.1) is 13.8 Å². The van der Waals surface area contributed by atoms with Crippen molar-refractivity contribution < 1.29 is 17.9 Å². The number of amides is 1. The lowest BCUT2D eigenvalue weighted by atomic mass is 10.3. The van der Waals surface area contributed by atoms with E-state index in [1.807, 2.05) is 19.9 Å². The van der Waals surface area contributed by atoms with Gasteiger partial charge < -0.3 is 10.1 Å². The van der Waals surface area contributed by atoms with Crippen LogP contribution in [-0.2, 0) is 19.6 Å². The molecule has 1 amide bonds. The number of benzene rings is 1. The second kappa shape index (κ2) is 8.91. The monoisotopic (exact) mass is 462 g/mol. The highest BCUT2D eigenvalue weighted by atomic mass is 32.2. The fraction of sp³-hybridized carbons (Fsp3) is 0.368. The van der Waals surface area contributed by atoms with Crippen LogP contribution in [0.15, 0.2) is 40.4 Å². The molecular formula is C19H22N6O4S2. The maximum Gasteiger partial charge on any atom is 0.253 e. The standard InChI is InChI=1S/C19H22N6O4S2/c1-13-11-14(2)25-18(20-13)22-19(23-25)30-12-17(26)21-15-3-5-16(6-4-15)31(27,28)24-7-9-29-10-8-24/h3-6,11H,7-10,12H2,1-2H3,(H,21,26). The first-order valence-electron chi connectivity index (χ1n) is 9.64. The summed E-state index contributed by atoms with van der Waals surface area (Å²) < 4.78 is 33.6. The number of aryl methyl sites for hydroxylation is 2. The van der Waals surface area contributed by atoms with Crippen molar-refractivity contribution >= 4 is 39.2 Å². The van der Waals surface area contributed by atoms with Gasteiger partial charge in [0.15, 0.2) is 0 Å². The minimum absolute atomic E-state index is 0.114. The highest BCUT2D eigenvalue weighted by Gasteiger charge is 2.26. The van der Waals surface area contributed by atoms with E-state index in [2.05, 4.69) is 20.4 Å². The molecule has 0 saturated carbocycles. The Labute approximate surface area is 184 Å². The zero-order valence-corrected chi connectivity index (χ0v) is 18.7. The largest absolute Gasteiger partial charge is 0.379 e. The maximum atomic E-state index is 12.7. The lowest BCUT2D eigenvalue weighted by molar-refractivity contribution is -0.113. The predicted molar refractivity (Wildman–Crippen MR) is 116 cm³/mol. The van der Waals surface area contributed by atoms with Gasteiger partial charge in [0.2, 0.25) is 21.1 Å². The zero-order valence-electron chi connectivity index (χ0n) is 17.1. The van der Waals surface area contributed by atoms with Crippen molar-refractivity contribution in [3.63, 3.8) is 0 Å². The first kappa shape index (κ1) is 21.7. The number of nitrogens with zero attached hydrogens (tertiary/aromatic N) is 5. The number of ether oxygens (including phenoxy) is 1. The van der Waals surface area contributed by atoms with E-state index in [1.165, 1.54) is 28.2 Å². The lowest BCUT2D eigenvalue weighted by Crippen LogP contribution is -2.40. The molecule has 0 atom stereocenters. The van der Waals surface area contributed by atoms with Crippen LogP contribution in [0.1, 0.15) is 11.4 Å². The molecule has 1 aromatic carbocycles. The number of nitrogens with one attached hydrogen (secondary N) is 1. The molecule has 3 heterocycles. The Kier molecular flexibility index (Phi) is 6.23. The number of morpholine rings is 1. The van der Waals surface area contributed by atoms with Gasteiger partial charge in [0.25, 0.3) is 5.78 Å². The molecule has 0 bridgehead atoms. The smallest absolute Gasteiger partial charge is 0.253 e. The van der Waals surface area contributed by atoms with Gasteiger partial charge in [-0.25, -0.2) is 17.9 Å². The van der Waals surface area contributed by atoms with Gasteiger partial charge in [-0.3, -0.25) is 4.79 Å². The summed E-state index contributed by atoms with van der Waals surface area (Å²) in [6.07, 6.45) is 0. The molecule has 1 saturated heterocycles. The number of hydrogen-bond acceptors (Lipinski definition) is 8. The van der Waals surface area contributed by atoms with Crippen LogP contribution in [0.3, 0.4) is 0 Å². The number of sulfonamides is 1. The van der Waals surface area contributed by atoms with Gasteiger partial charge in [0.1, 0.15) is 0 Å². The Morgan fingerprint density at radius 1 is 1.16 bits per heavy atom. The molecule has 10 nitrogen and oxygen atoms in total. The third-order valence-electron chi connectivity index (χ3n) is 4.68. The SMILES string of the molecule is Cc1cc(C)n2nc(SCC(=O)Nc3ccc(S(=O)(=O)N4CCOCC4)cc3)nc2n1. The average molecular weight is 463 g/mol. The molecule has 164 valence electrons. The van der Waals surface area contributed by atoms with Crippen LogP contribution >= 0.6 is 11.8 Å². The first-order valence-corrected chi connectivity index (χ1v) is 12.1. The Hall–Kier alpha value is -2.54. The van der Waals surface area contributed by atoms with Crippen LogP contribution in [0.2, 0.25) is 0 Å². The first-order chi connectivity index (χ1) is 14.8. The van der Waals surface area contributed by atoms with Crippen molar-refractivity contribution in [3.8, 4) is 0 Å². The molecule has 1 fully saturated rings. The predicted octanol–water partition coefficient (Wildman–Crippen LogP) is 1.49. The van der Waals surface area contributed by atoms with Crippen molar-refractivity contribution in [1.82, 2.24) is 23.9 Å². The molecule has 0 spiro atoms. The van der Waals surface area contributed by atoms with Crippen molar-refractivity contribution in [3.05, 3.63) is 41.7 Å². The molecule has 0 radical (unpaired) electrons. The van der Waals surface area contributed by atoms with Crippen LogP contribution < -0.4 is 5.32 Å². The third-order valence-corrected chi connectivity index (χ3v) is 7.43. The minimum atomic E-state index is -3.56. The van der Waals surface area contributed by atoms with E-state index >= 15 is 0 Å². The summed E-state index contributed by atoms with van der Waals surface area (Å²) in [6.45, 7) is 5.26. The Bertz CT molecular complexity index is 1200. The second-order valence-corrected chi connectivity index (χ2v) is 9.90. The molecule has 3 aromatic rings. The number of carbonyl (C=O) groups excluding carboxylic acids is 1. The summed E-state index contributed by atoms with van der Waals surface area (Å²) in [6, 6.07) is 8.05. The molecule has 2 aromatic heterocycles. The Morgan fingerprint density at radius 3 is 2.58 bits per heavy atom. The van der Waals surface area contributed by atoms with Gasteiger partial charge in [-0.15, -0.1) is 5.10 Å². The van der Waals surface area contributed by atoms with Gasteiger partial charge in [-0.05, 0) is 44.2 Å². The fourth-order valence-electron chi connectivity index (χ4n) is 3.18. The van der Waals surface area contributed by atoms with Gasteiger partial charge in [-0.2, -0.15) is 9.29 Å². The molecule has 0 aliphatic carbocycles. The molecule has 1 aliphatic heterocycles. The van der Waals surface area contributed by atoms with E-state index in [-0.39, 0.29) is 16.6 Å². The average Bonchev–Trinajstić information content (AvgIpc) is 3.17. The number of aromatic nitrogens is 4. The van der Waals surface area contributed by atoms with Crippen molar-refractivity contribution in [2.24, 2.45) is 0 Å². The van der Waals surface area contributed by atoms with E-state index in [9.17, 15) is 13.2 Å². The summed E-state index contributed by atoms with van der Waals surface area (Å²) in [7, 11) is -3.56. The second-order valence-electron chi connectivity index (χ2n) is 7.02. The summed E-state index contributed by atoms with van der Waals surface area (Å²) in [5.74, 6) is 0.369. The fourth-order valence-corrected chi connectivity index (χ4v) is 5.21. The quantitative estimate of drug-likeness (QED) is 0.548. The third kappa shape index (κ3) is 4.87. The number of fused-ring (bicyclic) bond motifs is 1. The van der Waals surface area contributed by atoms with Crippen molar-refractivity contribution in [2.45, 2.75) is 23.9 Å². The van der Waals surface area contributed by atoms with Crippen molar-refractivity contribution in [1.29, 1.82) is 0 Å². The number of thioether (sulfide) groups is 1. The minimum Gasteiger partial charge on any atom is -0.379 e. The Balaban J connectivity index is 1.36. The highest BCUT2D eigenvalue weighted by Crippen LogP contribution is 2.20. The van der Waals surface area contributed by atoms with Gasteiger partial charge in [0, 0.05) is 30.2 Å². The van der Waals surface area contributed by atoms with E-state index in [1.54, 1.807) is 16.6 Å². The number of rotatable bonds is 6. The van der Waals surface area contributed by atoms with Crippen LogP contribution in [0.25, 0.3) is 5.78 Å². The summed E-state index contributed by atoms with van der Waals surface area (Å²) in [5.41, 5.74) is 2.28. The molecular weight excluding hydrogens is 440 g/mol. The summed E-state index contributed by atoms with van der Waals surface area (Å²) >= 11 is 1.20. The maximum absolute atomic E-state index is 12.7. The summed E-state index contributed by atoms with van der Waals surface area (Å²) in [5, 5.41) is 7.58. The highest BCUT2D eigenvalue weighted by molar-refractivity contribution is 7.99. The van der Waals surface area contributed by atoms with E-state index in [4.69, 9.17) is 4.74 Å². The normalized spacial score (nSPS) is 15.3. The van der Waals surface area contributed by atoms with Crippen LogP contribution in [-0.4, -0.2) is 70.3 Å². The summed E-state index contributed by atoms with van der Waals surface area (Å²) in [4.78, 5) is 21.2. The lowest BCUT2D eigenvalue weighted by Gasteiger charge is -2.26. The van der Waals surface area contributed by atoms with Crippen LogP contribution in [0.4, 0.5) is 5.69 Å². The van der Waals surface area contributed by atoms with Gasteiger partial charge in [0.05, 0.1) is 23.9 Å². The van der Waals surface area contributed by atoms with Gasteiger partial charge >= 0.3 is 0 Å². The van der Waals surface area contributed by atoms with E-state index < -0.39 is 10.0 Å². The van der Waals surface area contributed by atoms with E-state index in [0.717, 1.165) is 11.4 Å². The van der Waals surface area contributed by atoms with Gasteiger partial charge in [-0.1, -0.05) is 11.8 Å². The molecule has 12 heteroatoms. The number of carbonyl (C=O) groups is 1. The number of hydrogen-bond donors (Lipinski definition) is 1. The van der Waals surface area contributed by atoms with E-state index in [0.29, 0.717) is 42.9 Å². The zero-order chi connectivity index (χ0) is 22.0. The topological polar surface area (TPSA) is 119 Å². The molecule has 1 N–H and O–H groups in total.